The number of halogens is 1. The predicted octanol–water partition coefficient (Wildman–Crippen LogP) is 1.18. The number of hydrogen-bond acceptors (Lipinski definition) is 3. The number of nitrogens with zero attached hydrogens (tertiary/aromatic N) is 2. The lowest BCUT2D eigenvalue weighted by molar-refractivity contribution is 0.0662. The number of piperazine rings is 1. The third kappa shape index (κ3) is 3.65. The Hall–Kier alpha value is -0.660. The number of rotatable bonds is 2. The zero-order chi connectivity index (χ0) is 12.3. The Morgan fingerprint density at radius 3 is 2.65 bits per heavy atom. The van der Waals surface area contributed by atoms with E-state index in [0.717, 1.165) is 35.3 Å². The maximum absolute atomic E-state index is 12.0. The molecule has 0 radical (unpaired) electrons. The van der Waals surface area contributed by atoms with Gasteiger partial charge in [0.2, 0.25) is 0 Å². The van der Waals surface area contributed by atoms with Gasteiger partial charge in [-0.3, -0.25) is 10.2 Å². The quantitative estimate of drug-likeness (QED) is 0.818. The summed E-state index contributed by atoms with van der Waals surface area (Å²) in [4.78, 5) is 14.2. The van der Waals surface area contributed by atoms with Gasteiger partial charge in [0, 0.05) is 35.3 Å². The summed E-state index contributed by atoms with van der Waals surface area (Å²) in [6, 6.07) is 7.62. The minimum absolute atomic E-state index is 0.0203. The van der Waals surface area contributed by atoms with Crippen molar-refractivity contribution in [2.45, 2.75) is 0 Å². The summed E-state index contributed by atoms with van der Waals surface area (Å²) in [6.07, 6.45) is 0. The first-order valence-electron chi connectivity index (χ1n) is 5.65. The number of carbonyl (C=O) groups is 1. The zero-order valence-corrected chi connectivity index (χ0v) is 12.0. The molecule has 92 valence electrons. The van der Waals surface area contributed by atoms with Gasteiger partial charge in [0.25, 0.3) is 5.91 Å². The van der Waals surface area contributed by atoms with Crippen molar-refractivity contribution in [3.63, 3.8) is 0 Å². The molecule has 1 saturated heterocycles. The third-order valence-electron chi connectivity index (χ3n) is 2.85. The second-order valence-electron chi connectivity index (χ2n) is 4.24. The van der Waals surface area contributed by atoms with Gasteiger partial charge in [-0.15, -0.1) is 0 Å². The van der Waals surface area contributed by atoms with Crippen LogP contribution >= 0.6 is 22.6 Å². The second kappa shape index (κ2) is 5.79. The van der Waals surface area contributed by atoms with Gasteiger partial charge in [-0.05, 0) is 47.8 Å². The van der Waals surface area contributed by atoms with Crippen molar-refractivity contribution in [3.05, 3.63) is 33.4 Å². The Bertz CT molecular complexity index is 402. The van der Waals surface area contributed by atoms with Crippen molar-refractivity contribution in [1.82, 2.24) is 15.3 Å². The summed E-state index contributed by atoms with van der Waals surface area (Å²) in [5.74, 6) is -0.0203. The van der Waals surface area contributed by atoms with Crippen LogP contribution in [0.4, 0.5) is 0 Å². The Kier molecular flexibility index (Phi) is 4.36. The first-order valence-corrected chi connectivity index (χ1v) is 6.73. The summed E-state index contributed by atoms with van der Waals surface area (Å²) in [5.41, 5.74) is 3.67. The predicted molar refractivity (Wildman–Crippen MR) is 75.7 cm³/mol. The fourth-order valence-electron chi connectivity index (χ4n) is 1.76. The summed E-state index contributed by atoms with van der Waals surface area (Å²) in [7, 11) is 2.10. The van der Waals surface area contributed by atoms with Crippen LogP contribution in [0.3, 0.4) is 0 Å². The third-order valence-corrected chi connectivity index (χ3v) is 3.52. The first kappa shape index (κ1) is 12.8. The summed E-state index contributed by atoms with van der Waals surface area (Å²) < 4.78 is 1.08. The number of hydrogen-bond donors (Lipinski definition) is 1. The molecule has 0 aliphatic carbocycles. The van der Waals surface area contributed by atoms with Gasteiger partial charge in [-0.1, -0.05) is 6.07 Å². The van der Waals surface area contributed by atoms with Crippen LogP contribution in [0.5, 0.6) is 0 Å². The number of likely N-dealkylation sites (N-methyl/N-ethyl adjacent to an activating group) is 1. The molecule has 5 heteroatoms. The first-order chi connectivity index (χ1) is 8.15. The highest BCUT2D eigenvalue weighted by atomic mass is 127. The minimum Gasteiger partial charge on any atom is -0.304 e. The maximum Gasteiger partial charge on any atom is 0.265 e. The molecule has 0 aromatic heterocycles. The second-order valence-corrected chi connectivity index (χ2v) is 5.49. The Labute approximate surface area is 115 Å². The van der Waals surface area contributed by atoms with Crippen molar-refractivity contribution in [2.75, 3.05) is 33.2 Å². The molecule has 1 N–H and O–H groups in total. The molecule has 0 bridgehead atoms. The van der Waals surface area contributed by atoms with E-state index in [9.17, 15) is 4.79 Å². The smallest absolute Gasteiger partial charge is 0.265 e. The van der Waals surface area contributed by atoms with Gasteiger partial charge < -0.3 is 4.90 Å². The van der Waals surface area contributed by atoms with Crippen LogP contribution in [0.2, 0.25) is 0 Å². The van der Waals surface area contributed by atoms with Crippen LogP contribution in [0, 0.1) is 3.57 Å². The molecule has 1 aliphatic rings. The van der Waals surface area contributed by atoms with Gasteiger partial charge in [0.1, 0.15) is 0 Å². The Morgan fingerprint density at radius 2 is 2.00 bits per heavy atom. The van der Waals surface area contributed by atoms with Crippen LogP contribution < -0.4 is 5.43 Å². The lowest BCUT2D eigenvalue weighted by atomic mass is 10.2. The van der Waals surface area contributed by atoms with Crippen LogP contribution in [0.15, 0.2) is 24.3 Å². The average Bonchev–Trinajstić information content (AvgIpc) is 2.32. The fraction of sp³-hybridized carbons (Fsp3) is 0.417. The number of nitrogens with one attached hydrogen (secondary N) is 1. The van der Waals surface area contributed by atoms with Gasteiger partial charge in [0.05, 0.1) is 0 Å². The number of amides is 1. The van der Waals surface area contributed by atoms with Crippen LogP contribution in [-0.2, 0) is 0 Å². The molecule has 0 spiro atoms. The topological polar surface area (TPSA) is 35.6 Å². The molecule has 1 aromatic rings. The van der Waals surface area contributed by atoms with Crippen LogP contribution in [-0.4, -0.2) is 49.0 Å². The number of benzene rings is 1. The molecule has 17 heavy (non-hydrogen) atoms. The van der Waals surface area contributed by atoms with E-state index in [1.165, 1.54) is 0 Å². The molecule has 0 atom stereocenters. The fourth-order valence-corrected chi connectivity index (χ4v) is 2.30. The molecule has 1 amide bonds. The molecule has 1 aliphatic heterocycles. The molecule has 0 unspecified atom stereocenters. The summed E-state index contributed by atoms with van der Waals surface area (Å²) in [5, 5.41) is 1.99. The van der Waals surface area contributed by atoms with Gasteiger partial charge in [-0.25, -0.2) is 5.01 Å². The van der Waals surface area contributed by atoms with Gasteiger partial charge >= 0.3 is 0 Å². The van der Waals surface area contributed by atoms with Crippen molar-refractivity contribution >= 4 is 28.5 Å². The molecule has 2 rings (SSSR count). The Balaban J connectivity index is 1.93. The van der Waals surface area contributed by atoms with Gasteiger partial charge in [-0.2, -0.15) is 0 Å². The van der Waals surface area contributed by atoms with E-state index in [2.05, 4.69) is 40.0 Å². The Morgan fingerprint density at radius 1 is 1.29 bits per heavy atom. The van der Waals surface area contributed by atoms with Crippen molar-refractivity contribution in [2.24, 2.45) is 0 Å². The molecule has 4 nitrogen and oxygen atoms in total. The molecule has 1 fully saturated rings. The summed E-state index contributed by atoms with van der Waals surface area (Å²) >= 11 is 2.21. The SMILES string of the molecule is CN1CCN(NC(=O)c2cccc(I)c2)CC1. The lowest BCUT2D eigenvalue weighted by Crippen LogP contribution is -2.52. The highest BCUT2D eigenvalue weighted by Gasteiger charge is 2.16. The van der Waals surface area contributed by atoms with Crippen LogP contribution in [0.25, 0.3) is 0 Å². The minimum atomic E-state index is -0.0203. The van der Waals surface area contributed by atoms with E-state index in [0.29, 0.717) is 0 Å². The van der Waals surface area contributed by atoms with E-state index in [4.69, 9.17) is 0 Å². The van der Waals surface area contributed by atoms with E-state index in [1.54, 1.807) is 0 Å². The highest BCUT2D eigenvalue weighted by Crippen LogP contribution is 2.08. The van der Waals surface area contributed by atoms with Crippen molar-refractivity contribution in [1.29, 1.82) is 0 Å². The molecule has 1 heterocycles. The average molecular weight is 345 g/mol. The van der Waals surface area contributed by atoms with Crippen LogP contribution in [0.1, 0.15) is 10.4 Å². The number of hydrazine groups is 1. The van der Waals surface area contributed by atoms with Crippen molar-refractivity contribution in [3.8, 4) is 0 Å². The van der Waals surface area contributed by atoms with Crippen molar-refractivity contribution < 1.29 is 4.79 Å². The molecular weight excluding hydrogens is 329 g/mol. The molecule has 0 saturated carbocycles. The lowest BCUT2D eigenvalue weighted by Gasteiger charge is -2.32. The maximum atomic E-state index is 12.0. The van der Waals surface area contributed by atoms with E-state index < -0.39 is 0 Å². The normalized spacial score (nSPS) is 18.0. The standard InChI is InChI=1S/C12H16IN3O/c1-15-5-7-16(8-6-15)14-12(17)10-3-2-4-11(13)9-10/h2-4,9H,5-8H2,1H3,(H,14,17). The monoisotopic (exact) mass is 345 g/mol. The molecule has 1 aromatic carbocycles. The van der Waals surface area contributed by atoms with Gasteiger partial charge in [0.15, 0.2) is 0 Å². The van der Waals surface area contributed by atoms with E-state index in [-0.39, 0.29) is 5.91 Å². The molecular formula is C12H16IN3O. The van der Waals surface area contributed by atoms with E-state index >= 15 is 0 Å². The zero-order valence-electron chi connectivity index (χ0n) is 9.82. The van der Waals surface area contributed by atoms with E-state index in [1.807, 2.05) is 29.3 Å². The number of carbonyl (C=O) groups excluding carboxylic acids is 1. The largest absolute Gasteiger partial charge is 0.304 e. The highest BCUT2D eigenvalue weighted by molar-refractivity contribution is 14.1. The summed E-state index contributed by atoms with van der Waals surface area (Å²) in [6.45, 7) is 3.75.